The molecule has 0 amide bonds. The Balaban J connectivity index is 3.22. The van der Waals surface area contributed by atoms with Crippen LogP contribution in [0.2, 0.25) is 0 Å². The van der Waals surface area contributed by atoms with Gasteiger partial charge in [-0.05, 0) is 6.92 Å². The van der Waals surface area contributed by atoms with Crippen molar-refractivity contribution in [3.05, 3.63) is 0 Å². The van der Waals surface area contributed by atoms with Crippen LogP contribution < -0.4 is 0 Å². The van der Waals surface area contributed by atoms with Crippen molar-refractivity contribution in [3.63, 3.8) is 0 Å². The summed E-state index contributed by atoms with van der Waals surface area (Å²) in [5.74, 6) is -1.03. The molecule has 0 aliphatic rings. The molecule has 0 atom stereocenters. The van der Waals surface area contributed by atoms with E-state index < -0.39 is 11.9 Å². The van der Waals surface area contributed by atoms with Crippen LogP contribution in [0.1, 0.15) is 13.8 Å². The third-order valence-electron chi connectivity index (χ3n) is 1.07. The SMILES string of the molecule is CCOCOC(=O)COCOC(C)=O. The first-order valence-electron chi connectivity index (χ1n) is 4.11. The number of rotatable bonds is 7. The Morgan fingerprint density at radius 1 is 1.07 bits per heavy atom. The van der Waals surface area contributed by atoms with Crippen molar-refractivity contribution in [2.24, 2.45) is 0 Å². The molecule has 14 heavy (non-hydrogen) atoms. The fourth-order valence-corrected chi connectivity index (χ4v) is 0.482. The first-order chi connectivity index (χ1) is 6.66. The van der Waals surface area contributed by atoms with E-state index in [-0.39, 0.29) is 20.2 Å². The minimum atomic E-state index is -0.564. The van der Waals surface area contributed by atoms with Crippen molar-refractivity contribution in [2.75, 3.05) is 26.8 Å². The Kier molecular flexibility index (Phi) is 7.77. The van der Waals surface area contributed by atoms with E-state index >= 15 is 0 Å². The second-order valence-electron chi connectivity index (χ2n) is 2.23. The normalized spacial score (nSPS) is 9.57. The predicted molar refractivity (Wildman–Crippen MR) is 45.2 cm³/mol. The molecule has 0 aromatic rings. The second-order valence-corrected chi connectivity index (χ2v) is 2.23. The Hall–Kier alpha value is -1.14. The summed E-state index contributed by atoms with van der Waals surface area (Å²) in [5, 5.41) is 0. The lowest BCUT2D eigenvalue weighted by atomic mass is 10.7. The smallest absolute Gasteiger partial charge is 0.334 e. The van der Waals surface area contributed by atoms with Crippen LogP contribution in [-0.2, 0) is 28.5 Å². The van der Waals surface area contributed by atoms with Crippen molar-refractivity contribution >= 4 is 11.9 Å². The molecule has 0 bridgehead atoms. The van der Waals surface area contributed by atoms with Crippen LogP contribution in [0.15, 0.2) is 0 Å². The maximum atomic E-state index is 10.8. The number of esters is 2. The summed E-state index contributed by atoms with van der Waals surface area (Å²) in [6.07, 6.45) is 0. The summed E-state index contributed by atoms with van der Waals surface area (Å²) >= 11 is 0. The average molecular weight is 206 g/mol. The van der Waals surface area contributed by atoms with Gasteiger partial charge >= 0.3 is 11.9 Å². The standard InChI is InChI=1S/C8H14O6/c1-3-11-5-14-8(10)4-12-6-13-7(2)9/h3-6H2,1-2H3. The van der Waals surface area contributed by atoms with Gasteiger partial charge in [-0.3, -0.25) is 4.79 Å². The van der Waals surface area contributed by atoms with Crippen LogP contribution in [0, 0.1) is 0 Å². The Labute approximate surface area is 82.1 Å². The summed E-state index contributed by atoms with van der Waals surface area (Å²) in [4.78, 5) is 21.1. The molecule has 0 aromatic heterocycles. The highest BCUT2D eigenvalue weighted by Crippen LogP contribution is 1.84. The molecule has 0 fully saturated rings. The quantitative estimate of drug-likeness (QED) is 0.333. The molecule has 6 heteroatoms. The van der Waals surface area contributed by atoms with E-state index in [1.165, 1.54) is 6.92 Å². The molecule has 0 unspecified atom stereocenters. The van der Waals surface area contributed by atoms with Gasteiger partial charge in [-0.15, -0.1) is 0 Å². The van der Waals surface area contributed by atoms with Gasteiger partial charge in [0, 0.05) is 13.5 Å². The molecule has 0 saturated carbocycles. The fraction of sp³-hybridized carbons (Fsp3) is 0.750. The van der Waals surface area contributed by atoms with Gasteiger partial charge in [0.2, 0.25) is 0 Å². The average Bonchev–Trinajstić information content (AvgIpc) is 2.13. The van der Waals surface area contributed by atoms with Crippen molar-refractivity contribution in [2.45, 2.75) is 13.8 Å². The highest BCUT2D eigenvalue weighted by atomic mass is 16.7. The van der Waals surface area contributed by atoms with E-state index in [4.69, 9.17) is 4.74 Å². The molecule has 0 spiro atoms. The molecule has 0 saturated heterocycles. The van der Waals surface area contributed by atoms with Crippen LogP contribution in [0.3, 0.4) is 0 Å². The lowest BCUT2D eigenvalue weighted by Gasteiger charge is -2.05. The van der Waals surface area contributed by atoms with E-state index in [0.29, 0.717) is 6.61 Å². The zero-order valence-corrected chi connectivity index (χ0v) is 8.28. The van der Waals surface area contributed by atoms with Crippen LogP contribution >= 0.6 is 0 Å². The van der Waals surface area contributed by atoms with E-state index in [2.05, 4.69) is 14.2 Å². The Morgan fingerprint density at radius 3 is 2.29 bits per heavy atom. The molecule has 0 heterocycles. The number of carbonyl (C=O) groups is 2. The highest BCUT2D eigenvalue weighted by molar-refractivity contribution is 5.70. The third-order valence-corrected chi connectivity index (χ3v) is 1.07. The summed E-state index contributed by atoms with van der Waals surface area (Å²) in [5.41, 5.74) is 0. The maximum absolute atomic E-state index is 10.8. The molecular formula is C8H14O6. The maximum Gasteiger partial charge on any atom is 0.334 e. The number of hydrogen-bond acceptors (Lipinski definition) is 6. The third kappa shape index (κ3) is 8.95. The Morgan fingerprint density at radius 2 is 1.71 bits per heavy atom. The van der Waals surface area contributed by atoms with Crippen LogP contribution in [0.25, 0.3) is 0 Å². The summed E-state index contributed by atoms with van der Waals surface area (Å²) in [6.45, 7) is 2.90. The lowest BCUT2D eigenvalue weighted by molar-refractivity contribution is -0.170. The van der Waals surface area contributed by atoms with Crippen molar-refractivity contribution in [1.29, 1.82) is 0 Å². The van der Waals surface area contributed by atoms with Gasteiger partial charge in [-0.1, -0.05) is 0 Å². The van der Waals surface area contributed by atoms with Gasteiger partial charge in [0.15, 0.2) is 13.6 Å². The van der Waals surface area contributed by atoms with Gasteiger partial charge in [0.05, 0.1) is 0 Å². The van der Waals surface area contributed by atoms with Crippen molar-refractivity contribution in [1.82, 2.24) is 0 Å². The summed E-state index contributed by atoms with van der Waals surface area (Å²) in [6, 6.07) is 0. The van der Waals surface area contributed by atoms with E-state index in [0.717, 1.165) is 0 Å². The second kappa shape index (κ2) is 8.46. The monoisotopic (exact) mass is 206 g/mol. The van der Waals surface area contributed by atoms with E-state index in [9.17, 15) is 9.59 Å². The lowest BCUT2D eigenvalue weighted by Crippen LogP contribution is -2.16. The van der Waals surface area contributed by atoms with Crippen molar-refractivity contribution < 1.29 is 28.5 Å². The molecule has 0 aliphatic heterocycles. The largest absolute Gasteiger partial charge is 0.439 e. The Bertz CT molecular complexity index is 179. The summed E-state index contributed by atoms with van der Waals surface area (Å²) in [7, 11) is 0. The van der Waals surface area contributed by atoms with Crippen LogP contribution in [-0.4, -0.2) is 38.7 Å². The molecule has 0 radical (unpaired) electrons. The predicted octanol–water partition coefficient (Wildman–Crippen LogP) is 0.0608. The molecule has 0 N–H and O–H groups in total. The zero-order chi connectivity index (χ0) is 10.8. The van der Waals surface area contributed by atoms with E-state index in [1.807, 2.05) is 0 Å². The molecule has 6 nitrogen and oxygen atoms in total. The molecule has 0 aliphatic carbocycles. The number of hydrogen-bond donors (Lipinski definition) is 0. The van der Waals surface area contributed by atoms with Crippen molar-refractivity contribution in [3.8, 4) is 0 Å². The first kappa shape index (κ1) is 12.9. The molecule has 82 valence electrons. The number of ether oxygens (including phenoxy) is 4. The topological polar surface area (TPSA) is 71.1 Å². The highest BCUT2D eigenvalue weighted by Gasteiger charge is 2.02. The van der Waals surface area contributed by atoms with Gasteiger partial charge in [-0.2, -0.15) is 0 Å². The van der Waals surface area contributed by atoms with Gasteiger partial charge < -0.3 is 18.9 Å². The van der Waals surface area contributed by atoms with Gasteiger partial charge in [0.25, 0.3) is 0 Å². The molecule has 0 aromatic carbocycles. The number of carbonyl (C=O) groups excluding carboxylic acids is 2. The van der Waals surface area contributed by atoms with Crippen LogP contribution in [0.5, 0.6) is 0 Å². The minimum Gasteiger partial charge on any atom is -0.439 e. The van der Waals surface area contributed by atoms with Gasteiger partial charge in [-0.25, -0.2) is 4.79 Å². The zero-order valence-electron chi connectivity index (χ0n) is 8.28. The fourth-order valence-electron chi connectivity index (χ4n) is 0.482. The van der Waals surface area contributed by atoms with Gasteiger partial charge in [0.1, 0.15) is 6.61 Å². The first-order valence-corrected chi connectivity index (χ1v) is 4.11. The van der Waals surface area contributed by atoms with E-state index in [1.54, 1.807) is 6.92 Å². The minimum absolute atomic E-state index is 0.0910. The van der Waals surface area contributed by atoms with Crippen LogP contribution in [0.4, 0.5) is 0 Å². The molecule has 0 rings (SSSR count). The summed E-state index contributed by atoms with van der Waals surface area (Å²) < 4.78 is 18.4. The molecular weight excluding hydrogens is 192 g/mol.